The summed E-state index contributed by atoms with van der Waals surface area (Å²) >= 11 is 0. The van der Waals surface area contributed by atoms with E-state index in [0.717, 1.165) is 13.0 Å². The van der Waals surface area contributed by atoms with Crippen LogP contribution in [0, 0.1) is 0 Å². The van der Waals surface area contributed by atoms with Crippen LogP contribution >= 0.6 is 0 Å². The van der Waals surface area contributed by atoms with Crippen LogP contribution in [-0.4, -0.2) is 18.4 Å². The van der Waals surface area contributed by atoms with Gasteiger partial charge in [0, 0.05) is 6.54 Å². The van der Waals surface area contributed by atoms with Gasteiger partial charge >= 0.3 is 0 Å². The van der Waals surface area contributed by atoms with Gasteiger partial charge in [-0.2, -0.15) is 0 Å². The first kappa shape index (κ1) is 8.02. The number of hydrogen-bond donors (Lipinski definition) is 1. The number of hydrogen-bond acceptors (Lipinski definition) is 2. The molecule has 10 heavy (non-hydrogen) atoms. The second-order valence-electron chi connectivity index (χ2n) is 3.54. The van der Waals surface area contributed by atoms with Crippen LogP contribution < -0.4 is 5.32 Å². The Bertz CT molecular complexity index is 112. The fraction of sp³-hybridized carbons (Fsp3) is 1.00. The minimum Gasteiger partial charge on any atom is -0.356 e. The Hall–Kier alpha value is -0.0800. The lowest BCUT2D eigenvalue weighted by Gasteiger charge is -2.16. The summed E-state index contributed by atoms with van der Waals surface area (Å²) in [5.41, 5.74) is 0.0554. The molecular weight excluding hydrogens is 126 g/mol. The molecule has 1 saturated heterocycles. The normalized spacial score (nSPS) is 30.9. The van der Waals surface area contributed by atoms with Crippen LogP contribution in [0.4, 0.5) is 0 Å². The Morgan fingerprint density at radius 3 is 2.70 bits per heavy atom. The van der Waals surface area contributed by atoms with E-state index in [0.29, 0.717) is 6.23 Å². The van der Waals surface area contributed by atoms with Crippen molar-refractivity contribution in [1.29, 1.82) is 0 Å². The molecule has 1 fully saturated rings. The van der Waals surface area contributed by atoms with E-state index in [1.807, 2.05) is 0 Å². The Labute approximate surface area is 63.0 Å². The molecule has 0 aromatic carbocycles. The summed E-state index contributed by atoms with van der Waals surface area (Å²) in [6, 6.07) is 0. The molecule has 0 spiro atoms. The highest BCUT2D eigenvalue weighted by atomic mass is 16.5. The van der Waals surface area contributed by atoms with Crippen LogP contribution in [0.5, 0.6) is 0 Å². The highest BCUT2D eigenvalue weighted by Crippen LogP contribution is 2.18. The third-order valence-corrected chi connectivity index (χ3v) is 1.77. The van der Waals surface area contributed by atoms with E-state index in [2.05, 4.69) is 26.1 Å². The maximum atomic E-state index is 5.68. The van der Waals surface area contributed by atoms with Gasteiger partial charge in [-0.15, -0.1) is 0 Å². The Balaban J connectivity index is 2.29. The maximum Gasteiger partial charge on any atom is 0.109 e. The Morgan fingerprint density at radius 1 is 1.60 bits per heavy atom. The van der Waals surface area contributed by atoms with Gasteiger partial charge in [0.05, 0.1) is 5.60 Å². The van der Waals surface area contributed by atoms with Gasteiger partial charge in [0.1, 0.15) is 6.23 Å². The third-order valence-electron chi connectivity index (χ3n) is 1.77. The van der Waals surface area contributed by atoms with Crippen molar-refractivity contribution >= 4 is 0 Å². The summed E-state index contributed by atoms with van der Waals surface area (Å²) in [7, 11) is 0. The van der Waals surface area contributed by atoms with Crippen molar-refractivity contribution < 1.29 is 4.74 Å². The standard InChI is InChI=1S/C8H17NO/c1-4-5-7-9-6-8(2,3)10-7/h7,9H,4-6H2,1-3H3. The van der Waals surface area contributed by atoms with E-state index in [1.54, 1.807) is 0 Å². The lowest BCUT2D eigenvalue weighted by Crippen LogP contribution is -2.23. The predicted octanol–water partition coefficient (Wildman–Crippen LogP) is 1.51. The monoisotopic (exact) mass is 143 g/mol. The van der Waals surface area contributed by atoms with Crippen molar-refractivity contribution in [1.82, 2.24) is 5.32 Å². The Morgan fingerprint density at radius 2 is 2.30 bits per heavy atom. The molecule has 0 aliphatic carbocycles. The molecule has 0 saturated carbocycles. The van der Waals surface area contributed by atoms with Gasteiger partial charge < -0.3 is 4.74 Å². The summed E-state index contributed by atoms with van der Waals surface area (Å²) < 4.78 is 5.68. The molecule has 0 amide bonds. The summed E-state index contributed by atoms with van der Waals surface area (Å²) in [4.78, 5) is 0. The van der Waals surface area contributed by atoms with Gasteiger partial charge in [-0.05, 0) is 20.3 Å². The minimum absolute atomic E-state index is 0.0554. The van der Waals surface area contributed by atoms with Crippen LogP contribution in [-0.2, 0) is 4.74 Å². The molecule has 0 radical (unpaired) electrons. The smallest absolute Gasteiger partial charge is 0.109 e. The summed E-state index contributed by atoms with van der Waals surface area (Å²) in [6.45, 7) is 7.40. The number of nitrogens with one attached hydrogen (secondary N) is 1. The first-order chi connectivity index (χ1) is 4.64. The molecule has 1 atom stereocenters. The fourth-order valence-corrected chi connectivity index (χ4v) is 1.25. The molecule has 60 valence electrons. The van der Waals surface area contributed by atoms with E-state index >= 15 is 0 Å². The van der Waals surface area contributed by atoms with Gasteiger partial charge in [0.25, 0.3) is 0 Å². The zero-order valence-corrected chi connectivity index (χ0v) is 7.11. The van der Waals surface area contributed by atoms with Gasteiger partial charge in [0.2, 0.25) is 0 Å². The van der Waals surface area contributed by atoms with Crippen molar-refractivity contribution in [2.75, 3.05) is 6.54 Å². The topological polar surface area (TPSA) is 21.3 Å². The summed E-state index contributed by atoms with van der Waals surface area (Å²) in [5, 5.41) is 3.33. The van der Waals surface area contributed by atoms with Crippen molar-refractivity contribution in [3.63, 3.8) is 0 Å². The van der Waals surface area contributed by atoms with E-state index in [9.17, 15) is 0 Å². The van der Waals surface area contributed by atoms with Crippen LogP contribution in [0.25, 0.3) is 0 Å². The van der Waals surface area contributed by atoms with Crippen molar-refractivity contribution in [2.45, 2.75) is 45.4 Å². The van der Waals surface area contributed by atoms with Crippen LogP contribution in [0.3, 0.4) is 0 Å². The fourth-order valence-electron chi connectivity index (χ4n) is 1.25. The molecule has 1 unspecified atom stereocenters. The highest BCUT2D eigenvalue weighted by Gasteiger charge is 2.29. The zero-order chi connectivity index (χ0) is 7.61. The van der Waals surface area contributed by atoms with Crippen LogP contribution in [0.1, 0.15) is 33.6 Å². The first-order valence-electron chi connectivity index (χ1n) is 4.05. The molecule has 0 aromatic heterocycles. The quantitative estimate of drug-likeness (QED) is 0.632. The molecule has 1 N–H and O–H groups in total. The predicted molar refractivity (Wildman–Crippen MR) is 41.9 cm³/mol. The van der Waals surface area contributed by atoms with Gasteiger partial charge in [0.15, 0.2) is 0 Å². The van der Waals surface area contributed by atoms with Crippen LogP contribution in [0.2, 0.25) is 0 Å². The van der Waals surface area contributed by atoms with E-state index in [1.165, 1.54) is 6.42 Å². The minimum atomic E-state index is 0.0554. The van der Waals surface area contributed by atoms with E-state index in [4.69, 9.17) is 4.74 Å². The maximum absolute atomic E-state index is 5.68. The van der Waals surface area contributed by atoms with Crippen molar-refractivity contribution in [3.05, 3.63) is 0 Å². The molecule has 2 heteroatoms. The lowest BCUT2D eigenvalue weighted by molar-refractivity contribution is -0.0178. The van der Waals surface area contributed by atoms with Crippen molar-refractivity contribution in [3.8, 4) is 0 Å². The molecule has 1 aliphatic heterocycles. The first-order valence-corrected chi connectivity index (χ1v) is 4.05. The van der Waals surface area contributed by atoms with Crippen molar-refractivity contribution in [2.24, 2.45) is 0 Å². The average Bonchev–Trinajstić information content (AvgIpc) is 2.12. The van der Waals surface area contributed by atoms with Gasteiger partial charge in [-0.3, -0.25) is 5.32 Å². The molecule has 2 nitrogen and oxygen atoms in total. The number of rotatable bonds is 2. The molecular formula is C8H17NO. The van der Waals surface area contributed by atoms with E-state index < -0.39 is 0 Å². The second-order valence-corrected chi connectivity index (χ2v) is 3.54. The SMILES string of the molecule is CCCC1NCC(C)(C)O1. The average molecular weight is 143 g/mol. The van der Waals surface area contributed by atoms with Gasteiger partial charge in [-0.1, -0.05) is 13.3 Å². The molecule has 1 rings (SSSR count). The molecule has 1 heterocycles. The second kappa shape index (κ2) is 2.89. The third kappa shape index (κ3) is 1.96. The molecule has 0 aromatic rings. The number of ether oxygens (including phenoxy) is 1. The lowest BCUT2D eigenvalue weighted by atomic mass is 10.1. The zero-order valence-electron chi connectivity index (χ0n) is 7.11. The summed E-state index contributed by atoms with van der Waals surface area (Å²) in [5.74, 6) is 0. The van der Waals surface area contributed by atoms with Gasteiger partial charge in [-0.25, -0.2) is 0 Å². The Kier molecular flexibility index (Phi) is 2.32. The summed E-state index contributed by atoms with van der Waals surface area (Å²) in [6.07, 6.45) is 2.62. The highest BCUT2D eigenvalue weighted by molar-refractivity contribution is 4.80. The van der Waals surface area contributed by atoms with Crippen LogP contribution in [0.15, 0.2) is 0 Å². The largest absolute Gasteiger partial charge is 0.356 e. The van der Waals surface area contributed by atoms with E-state index in [-0.39, 0.29) is 5.60 Å². The molecule has 1 aliphatic rings. The molecule has 0 bridgehead atoms.